The Morgan fingerprint density at radius 1 is 1.32 bits per heavy atom. The van der Waals surface area contributed by atoms with Crippen molar-refractivity contribution in [3.8, 4) is 10.6 Å². The first-order valence-corrected chi connectivity index (χ1v) is 9.54. The first kappa shape index (κ1) is 17.9. The van der Waals surface area contributed by atoms with Gasteiger partial charge >= 0.3 is 0 Å². The number of likely N-dealkylation sites (tertiary alicyclic amines) is 1. The van der Waals surface area contributed by atoms with Gasteiger partial charge in [-0.25, -0.2) is 4.98 Å². The zero-order valence-electron chi connectivity index (χ0n) is 14.0. The summed E-state index contributed by atoms with van der Waals surface area (Å²) in [5.41, 5.74) is 1.31. The van der Waals surface area contributed by atoms with Crippen molar-refractivity contribution in [3.05, 3.63) is 40.4 Å². The molecule has 1 aliphatic rings. The second-order valence-corrected chi connectivity index (χ2v) is 7.40. The molecule has 2 heterocycles. The van der Waals surface area contributed by atoms with Crippen molar-refractivity contribution in [1.29, 1.82) is 0 Å². The van der Waals surface area contributed by atoms with Gasteiger partial charge in [0.2, 0.25) is 5.91 Å². The maximum atomic E-state index is 12.7. The van der Waals surface area contributed by atoms with E-state index in [4.69, 9.17) is 11.6 Å². The monoisotopic (exact) mass is 377 g/mol. The molecule has 3 rings (SSSR count). The molecule has 0 saturated carbocycles. The van der Waals surface area contributed by atoms with Gasteiger partial charge in [-0.15, -0.1) is 11.3 Å². The Kier molecular flexibility index (Phi) is 5.71. The van der Waals surface area contributed by atoms with E-state index in [1.807, 2.05) is 29.2 Å². The Balaban J connectivity index is 1.63. The van der Waals surface area contributed by atoms with Crippen LogP contribution < -0.4 is 5.32 Å². The van der Waals surface area contributed by atoms with Crippen molar-refractivity contribution in [2.45, 2.75) is 19.3 Å². The van der Waals surface area contributed by atoms with Gasteiger partial charge in [-0.1, -0.05) is 29.8 Å². The highest BCUT2D eigenvalue weighted by atomic mass is 35.5. The number of rotatable bonds is 4. The van der Waals surface area contributed by atoms with E-state index in [0.717, 1.165) is 23.4 Å². The van der Waals surface area contributed by atoms with Crippen LogP contribution in [0, 0.1) is 5.92 Å². The van der Waals surface area contributed by atoms with Gasteiger partial charge in [0, 0.05) is 37.5 Å². The average molecular weight is 378 g/mol. The minimum absolute atomic E-state index is 0.0482. The van der Waals surface area contributed by atoms with Gasteiger partial charge < -0.3 is 10.2 Å². The number of piperidine rings is 1. The summed E-state index contributed by atoms with van der Waals surface area (Å²) < 4.78 is 0. The second kappa shape index (κ2) is 7.97. The van der Waals surface area contributed by atoms with Crippen molar-refractivity contribution in [2.24, 2.45) is 5.92 Å². The van der Waals surface area contributed by atoms with Gasteiger partial charge in [0.25, 0.3) is 5.91 Å². The molecule has 0 atom stereocenters. The average Bonchev–Trinajstić information content (AvgIpc) is 3.12. The quantitative estimate of drug-likeness (QED) is 0.887. The van der Waals surface area contributed by atoms with Crippen LogP contribution >= 0.6 is 22.9 Å². The fourth-order valence-electron chi connectivity index (χ4n) is 3.00. The maximum Gasteiger partial charge on any atom is 0.273 e. The summed E-state index contributed by atoms with van der Waals surface area (Å²) in [5, 5.41) is 5.83. The highest BCUT2D eigenvalue weighted by Gasteiger charge is 2.26. The third-order valence-corrected chi connectivity index (χ3v) is 5.69. The molecule has 1 aromatic carbocycles. The predicted molar refractivity (Wildman–Crippen MR) is 99.9 cm³/mol. The Hall–Kier alpha value is -1.92. The van der Waals surface area contributed by atoms with Crippen LogP contribution in [0.2, 0.25) is 5.02 Å². The normalized spacial score (nSPS) is 15.2. The van der Waals surface area contributed by atoms with Crippen molar-refractivity contribution in [3.63, 3.8) is 0 Å². The first-order valence-electron chi connectivity index (χ1n) is 8.28. The fraction of sp³-hybridized carbons (Fsp3) is 0.389. The number of hydrogen-bond acceptors (Lipinski definition) is 4. The van der Waals surface area contributed by atoms with Crippen LogP contribution in [-0.4, -0.2) is 41.8 Å². The van der Waals surface area contributed by atoms with E-state index >= 15 is 0 Å². The van der Waals surface area contributed by atoms with Crippen LogP contribution in [0.25, 0.3) is 10.6 Å². The Bertz CT molecular complexity index is 769. The molecule has 1 saturated heterocycles. The second-order valence-electron chi connectivity index (χ2n) is 6.13. The Morgan fingerprint density at radius 2 is 2.04 bits per heavy atom. The molecule has 5 nitrogen and oxygen atoms in total. The van der Waals surface area contributed by atoms with E-state index in [2.05, 4.69) is 10.3 Å². The number of halogens is 1. The lowest BCUT2D eigenvalue weighted by atomic mass is 9.93. The van der Waals surface area contributed by atoms with Crippen molar-refractivity contribution in [1.82, 2.24) is 15.2 Å². The SMILES string of the molecule is CNC(=O)CC1CCN(C(=O)c2csc(-c3ccccc3Cl)n2)CC1. The summed E-state index contributed by atoms with van der Waals surface area (Å²) in [6, 6.07) is 7.49. The fourth-order valence-corrected chi connectivity index (χ4v) is 4.11. The zero-order chi connectivity index (χ0) is 17.8. The minimum atomic E-state index is -0.0482. The van der Waals surface area contributed by atoms with Crippen molar-refractivity contribution < 1.29 is 9.59 Å². The van der Waals surface area contributed by atoms with E-state index < -0.39 is 0 Å². The molecule has 1 aromatic heterocycles. The minimum Gasteiger partial charge on any atom is -0.359 e. The maximum absolute atomic E-state index is 12.7. The summed E-state index contributed by atoms with van der Waals surface area (Å²) in [6.45, 7) is 1.33. The molecule has 7 heteroatoms. The molecule has 2 amide bonds. The largest absolute Gasteiger partial charge is 0.359 e. The predicted octanol–water partition coefficient (Wildman–Crippen LogP) is 3.45. The van der Waals surface area contributed by atoms with Crippen LogP contribution in [0.5, 0.6) is 0 Å². The Labute approximate surface area is 156 Å². The van der Waals surface area contributed by atoms with Crippen LogP contribution in [0.15, 0.2) is 29.6 Å². The molecule has 1 N–H and O–H groups in total. The smallest absolute Gasteiger partial charge is 0.273 e. The van der Waals surface area contributed by atoms with Crippen LogP contribution in [0.1, 0.15) is 29.8 Å². The lowest BCUT2D eigenvalue weighted by Crippen LogP contribution is -2.39. The summed E-state index contributed by atoms with van der Waals surface area (Å²) in [7, 11) is 1.65. The van der Waals surface area contributed by atoms with Crippen LogP contribution in [0.3, 0.4) is 0 Å². The number of hydrogen-bond donors (Lipinski definition) is 1. The van der Waals surface area contributed by atoms with E-state index in [1.165, 1.54) is 11.3 Å². The first-order chi connectivity index (χ1) is 12.1. The third kappa shape index (κ3) is 4.19. The van der Waals surface area contributed by atoms with Crippen molar-refractivity contribution >= 4 is 34.8 Å². The summed E-state index contributed by atoms with van der Waals surface area (Å²) in [6.07, 6.45) is 2.23. The standard InChI is InChI=1S/C18H20ClN3O2S/c1-20-16(23)10-12-6-8-22(9-7-12)18(24)15-11-25-17(21-15)13-4-2-3-5-14(13)19/h2-5,11-12H,6-10H2,1H3,(H,20,23). The van der Waals surface area contributed by atoms with E-state index in [9.17, 15) is 9.59 Å². The molecule has 0 spiro atoms. The molecular weight excluding hydrogens is 358 g/mol. The Morgan fingerprint density at radius 3 is 2.72 bits per heavy atom. The molecule has 1 aliphatic heterocycles. The van der Waals surface area contributed by atoms with Crippen LogP contribution in [0.4, 0.5) is 0 Å². The van der Waals surface area contributed by atoms with Gasteiger partial charge in [0.15, 0.2) is 0 Å². The summed E-state index contributed by atoms with van der Waals surface area (Å²) in [4.78, 5) is 30.4. The lowest BCUT2D eigenvalue weighted by molar-refractivity contribution is -0.121. The molecule has 1 fully saturated rings. The molecule has 0 unspecified atom stereocenters. The number of carbonyl (C=O) groups is 2. The van der Waals surface area contributed by atoms with E-state index in [-0.39, 0.29) is 11.8 Å². The lowest BCUT2D eigenvalue weighted by Gasteiger charge is -2.31. The highest BCUT2D eigenvalue weighted by Crippen LogP contribution is 2.30. The molecule has 2 aromatic rings. The van der Waals surface area contributed by atoms with Gasteiger partial charge in [-0.2, -0.15) is 0 Å². The summed E-state index contributed by atoms with van der Waals surface area (Å²) in [5.74, 6) is 0.361. The van der Waals surface area contributed by atoms with Crippen molar-refractivity contribution in [2.75, 3.05) is 20.1 Å². The highest BCUT2D eigenvalue weighted by molar-refractivity contribution is 7.13. The number of carbonyl (C=O) groups excluding carboxylic acids is 2. The summed E-state index contributed by atoms with van der Waals surface area (Å²) >= 11 is 7.63. The van der Waals surface area contributed by atoms with Crippen LogP contribution in [-0.2, 0) is 4.79 Å². The van der Waals surface area contributed by atoms with Gasteiger partial charge in [0.1, 0.15) is 10.7 Å². The molecule has 25 heavy (non-hydrogen) atoms. The number of aromatic nitrogens is 1. The molecule has 0 radical (unpaired) electrons. The number of nitrogens with one attached hydrogen (secondary N) is 1. The van der Waals surface area contributed by atoms with Gasteiger partial charge in [0.05, 0.1) is 5.02 Å². The topological polar surface area (TPSA) is 62.3 Å². The number of amides is 2. The van der Waals surface area contributed by atoms with Gasteiger partial charge in [-0.3, -0.25) is 9.59 Å². The number of nitrogens with zero attached hydrogens (tertiary/aromatic N) is 2. The molecular formula is C18H20ClN3O2S. The van der Waals surface area contributed by atoms with E-state index in [0.29, 0.717) is 36.1 Å². The van der Waals surface area contributed by atoms with Gasteiger partial charge in [-0.05, 0) is 24.8 Å². The molecule has 0 aliphatic carbocycles. The molecule has 0 bridgehead atoms. The molecule has 132 valence electrons. The third-order valence-electron chi connectivity index (χ3n) is 4.48. The number of benzene rings is 1. The number of thiazole rings is 1. The zero-order valence-corrected chi connectivity index (χ0v) is 15.6. The van der Waals surface area contributed by atoms with E-state index in [1.54, 1.807) is 12.4 Å².